The largest absolute Gasteiger partial charge is 0.497 e. The van der Waals surface area contributed by atoms with Crippen molar-refractivity contribution in [2.24, 2.45) is 5.73 Å². The van der Waals surface area contributed by atoms with Crippen LogP contribution in [0, 0.1) is 0 Å². The van der Waals surface area contributed by atoms with E-state index in [1.807, 2.05) is 6.92 Å². The van der Waals surface area contributed by atoms with E-state index in [-0.39, 0.29) is 11.8 Å². The Morgan fingerprint density at radius 3 is 2.59 bits per heavy atom. The number of hydrogen-bond acceptors (Lipinski definition) is 4. The molecule has 0 aliphatic carbocycles. The van der Waals surface area contributed by atoms with Crippen molar-refractivity contribution in [2.45, 2.75) is 51.1 Å². The average Bonchev–Trinajstić information content (AvgIpc) is 3.14. The van der Waals surface area contributed by atoms with Gasteiger partial charge in [0.2, 0.25) is 11.8 Å². The van der Waals surface area contributed by atoms with Crippen LogP contribution >= 0.6 is 0 Å². The molecule has 1 saturated heterocycles. The molecule has 27 heavy (non-hydrogen) atoms. The Kier molecular flexibility index (Phi) is 7.45. The van der Waals surface area contributed by atoms with Crippen LogP contribution in [0.15, 0.2) is 24.3 Å². The molecule has 2 rings (SSSR count). The summed E-state index contributed by atoms with van der Waals surface area (Å²) in [6.45, 7) is 2.50. The number of hydrogen-bond donors (Lipinski definition) is 3. The Morgan fingerprint density at radius 2 is 2.00 bits per heavy atom. The highest BCUT2D eigenvalue weighted by atomic mass is 16.5. The van der Waals surface area contributed by atoms with Gasteiger partial charge in [0.15, 0.2) is 0 Å². The number of methoxy groups -OCH3 is 1. The molecule has 0 aromatic heterocycles. The highest BCUT2D eigenvalue weighted by Gasteiger charge is 2.37. The summed E-state index contributed by atoms with van der Waals surface area (Å²) in [5.74, 6) is 0.205. The number of urea groups is 1. The van der Waals surface area contributed by atoms with Crippen LogP contribution < -0.4 is 21.1 Å². The molecule has 0 spiro atoms. The molecule has 2 atom stereocenters. The van der Waals surface area contributed by atoms with Gasteiger partial charge in [-0.15, -0.1) is 0 Å². The summed E-state index contributed by atoms with van der Waals surface area (Å²) in [7, 11) is 1.57. The summed E-state index contributed by atoms with van der Waals surface area (Å²) in [5.41, 5.74) is 5.85. The minimum absolute atomic E-state index is 0.237. The summed E-state index contributed by atoms with van der Waals surface area (Å²) in [6, 6.07) is 5.01. The highest BCUT2D eigenvalue weighted by Crippen LogP contribution is 2.22. The van der Waals surface area contributed by atoms with E-state index in [1.165, 1.54) is 0 Å². The van der Waals surface area contributed by atoms with Crippen LogP contribution in [-0.2, 0) is 9.59 Å². The lowest BCUT2D eigenvalue weighted by molar-refractivity contribution is -0.138. The number of unbranched alkanes of at least 4 members (excludes halogenated alkanes) is 1. The lowest BCUT2D eigenvalue weighted by Crippen LogP contribution is -2.53. The van der Waals surface area contributed by atoms with E-state index in [0.29, 0.717) is 30.8 Å². The molecule has 0 saturated carbocycles. The van der Waals surface area contributed by atoms with Crippen molar-refractivity contribution < 1.29 is 19.1 Å². The van der Waals surface area contributed by atoms with E-state index in [1.54, 1.807) is 36.3 Å². The van der Waals surface area contributed by atoms with E-state index in [0.717, 1.165) is 19.3 Å². The maximum absolute atomic E-state index is 12.9. The second-order valence-corrected chi connectivity index (χ2v) is 6.61. The Hall–Kier alpha value is -2.77. The third-order valence-electron chi connectivity index (χ3n) is 4.66. The van der Waals surface area contributed by atoms with Crippen LogP contribution in [-0.4, -0.2) is 48.5 Å². The number of primary amides is 1. The number of nitrogens with zero attached hydrogens (tertiary/aromatic N) is 1. The van der Waals surface area contributed by atoms with Crippen LogP contribution in [0.3, 0.4) is 0 Å². The molecule has 8 heteroatoms. The van der Waals surface area contributed by atoms with Crippen molar-refractivity contribution in [3.63, 3.8) is 0 Å². The van der Waals surface area contributed by atoms with Crippen molar-refractivity contribution in [1.82, 2.24) is 10.2 Å². The minimum Gasteiger partial charge on any atom is -0.497 e. The molecule has 1 fully saturated rings. The van der Waals surface area contributed by atoms with Crippen molar-refractivity contribution in [2.75, 3.05) is 19.0 Å². The van der Waals surface area contributed by atoms with Gasteiger partial charge in [-0.3, -0.25) is 9.59 Å². The molecule has 4 N–H and O–H groups in total. The predicted octanol–water partition coefficient (Wildman–Crippen LogP) is 1.85. The predicted molar refractivity (Wildman–Crippen MR) is 102 cm³/mol. The van der Waals surface area contributed by atoms with Gasteiger partial charge >= 0.3 is 6.03 Å². The monoisotopic (exact) mass is 376 g/mol. The molecule has 8 nitrogen and oxygen atoms in total. The van der Waals surface area contributed by atoms with Crippen LogP contribution in [0.1, 0.15) is 39.0 Å². The smallest absolute Gasteiger partial charge is 0.312 e. The molecule has 1 aliphatic rings. The van der Waals surface area contributed by atoms with Crippen molar-refractivity contribution >= 4 is 23.5 Å². The first-order valence-electron chi connectivity index (χ1n) is 9.27. The third kappa shape index (κ3) is 5.60. The second-order valence-electron chi connectivity index (χ2n) is 6.61. The highest BCUT2D eigenvalue weighted by molar-refractivity contribution is 5.98. The number of likely N-dealkylation sites (tertiary alicyclic amines) is 1. The fourth-order valence-electron chi connectivity index (χ4n) is 3.24. The number of carbonyl (C=O) groups is 3. The number of amides is 4. The van der Waals surface area contributed by atoms with Crippen LogP contribution in [0.4, 0.5) is 10.5 Å². The first-order chi connectivity index (χ1) is 13.0. The third-order valence-corrected chi connectivity index (χ3v) is 4.66. The molecule has 148 valence electrons. The standard InChI is InChI=1S/C19H28N4O4/c1-3-4-6-15(22-19(20)26)18(25)23-12-5-7-16(23)17(24)21-13-8-10-14(27-2)11-9-13/h8-11,15-16H,3-7,12H2,1-2H3,(H,21,24)(H3,20,22,26). The molecule has 0 bridgehead atoms. The van der Waals surface area contributed by atoms with Gasteiger partial charge in [0.25, 0.3) is 0 Å². The number of nitrogens with two attached hydrogens (primary N) is 1. The Bertz CT molecular complexity index is 662. The number of anilines is 1. The molecule has 2 unspecified atom stereocenters. The number of rotatable bonds is 8. The Morgan fingerprint density at radius 1 is 1.30 bits per heavy atom. The average molecular weight is 376 g/mol. The molecule has 0 radical (unpaired) electrons. The van der Waals surface area contributed by atoms with Gasteiger partial charge in [0, 0.05) is 12.2 Å². The SMILES string of the molecule is CCCCC(NC(N)=O)C(=O)N1CCCC1C(=O)Nc1ccc(OC)cc1. The summed E-state index contributed by atoms with van der Waals surface area (Å²) in [5, 5.41) is 5.36. The van der Waals surface area contributed by atoms with E-state index in [4.69, 9.17) is 10.5 Å². The van der Waals surface area contributed by atoms with Crippen LogP contribution in [0.25, 0.3) is 0 Å². The number of benzene rings is 1. The Balaban J connectivity index is 2.05. The first-order valence-corrected chi connectivity index (χ1v) is 9.27. The fraction of sp³-hybridized carbons (Fsp3) is 0.526. The van der Waals surface area contributed by atoms with E-state index >= 15 is 0 Å². The molecule has 1 aromatic carbocycles. The van der Waals surface area contributed by atoms with Crippen molar-refractivity contribution in [3.05, 3.63) is 24.3 Å². The van der Waals surface area contributed by atoms with Crippen LogP contribution in [0.2, 0.25) is 0 Å². The maximum Gasteiger partial charge on any atom is 0.312 e. The number of nitrogens with one attached hydrogen (secondary N) is 2. The maximum atomic E-state index is 12.9. The summed E-state index contributed by atoms with van der Waals surface area (Å²) in [4.78, 5) is 38.4. The molecule has 1 aromatic rings. The summed E-state index contributed by atoms with van der Waals surface area (Å²) in [6.07, 6.45) is 3.51. The van der Waals surface area contributed by atoms with E-state index in [2.05, 4.69) is 10.6 Å². The van der Waals surface area contributed by atoms with Crippen molar-refractivity contribution in [1.29, 1.82) is 0 Å². The van der Waals surface area contributed by atoms with E-state index in [9.17, 15) is 14.4 Å². The van der Waals surface area contributed by atoms with Gasteiger partial charge < -0.3 is 26.0 Å². The van der Waals surface area contributed by atoms with Gasteiger partial charge in [0.1, 0.15) is 17.8 Å². The number of ether oxygens (including phenoxy) is 1. The van der Waals surface area contributed by atoms with Gasteiger partial charge in [-0.05, 0) is 43.5 Å². The lowest BCUT2D eigenvalue weighted by atomic mass is 10.1. The van der Waals surface area contributed by atoms with Crippen molar-refractivity contribution in [3.8, 4) is 5.75 Å². The summed E-state index contributed by atoms with van der Waals surface area (Å²) >= 11 is 0. The molecule has 1 heterocycles. The van der Waals surface area contributed by atoms with E-state index < -0.39 is 18.1 Å². The van der Waals surface area contributed by atoms with Gasteiger partial charge in [0.05, 0.1) is 7.11 Å². The normalized spacial score (nSPS) is 17.3. The first kappa shape index (κ1) is 20.5. The molecule has 4 amide bonds. The fourth-order valence-corrected chi connectivity index (χ4v) is 3.24. The zero-order valence-corrected chi connectivity index (χ0v) is 15.9. The lowest BCUT2D eigenvalue weighted by Gasteiger charge is -2.28. The second kappa shape index (κ2) is 9.80. The Labute approximate surface area is 159 Å². The number of carbonyl (C=O) groups excluding carboxylic acids is 3. The molecular weight excluding hydrogens is 348 g/mol. The topological polar surface area (TPSA) is 114 Å². The van der Waals surface area contributed by atoms with Gasteiger partial charge in [-0.25, -0.2) is 4.79 Å². The minimum atomic E-state index is -0.733. The molecular formula is C19H28N4O4. The van der Waals surface area contributed by atoms with Gasteiger partial charge in [-0.1, -0.05) is 19.8 Å². The van der Waals surface area contributed by atoms with Gasteiger partial charge in [-0.2, -0.15) is 0 Å². The molecule has 1 aliphatic heterocycles. The summed E-state index contributed by atoms with van der Waals surface area (Å²) < 4.78 is 5.10. The zero-order chi connectivity index (χ0) is 19.8. The van der Waals surface area contributed by atoms with Crippen LogP contribution in [0.5, 0.6) is 5.75 Å². The zero-order valence-electron chi connectivity index (χ0n) is 15.9. The quantitative estimate of drug-likeness (QED) is 0.642.